The van der Waals surface area contributed by atoms with Gasteiger partial charge in [0.25, 0.3) is 5.91 Å². The zero-order chi connectivity index (χ0) is 22.1. The fraction of sp³-hybridized carbons (Fsp3) is 0.273. The largest absolute Gasteiger partial charge is 0.496 e. The number of hydrogen-bond donors (Lipinski definition) is 3. The van der Waals surface area contributed by atoms with Gasteiger partial charge in [0.15, 0.2) is 11.5 Å². The zero-order valence-corrected chi connectivity index (χ0v) is 17.9. The molecule has 1 amide bonds. The fourth-order valence-corrected chi connectivity index (χ4v) is 3.92. The lowest BCUT2D eigenvalue weighted by Gasteiger charge is -2.28. The summed E-state index contributed by atoms with van der Waals surface area (Å²) in [5.41, 5.74) is 4.67. The van der Waals surface area contributed by atoms with Crippen LogP contribution in [0, 0.1) is 6.92 Å². The third-order valence-electron chi connectivity index (χ3n) is 5.51. The summed E-state index contributed by atoms with van der Waals surface area (Å²) in [6, 6.07) is 5.47. The van der Waals surface area contributed by atoms with Crippen molar-refractivity contribution in [1.29, 1.82) is 0 Å². The normalized spacial score (nSPS) is 14.0. The number of carbonyl (C=O) groups is 1. The number of H-pyrrole nitrogens is 1. The van der Waals surface area contributed by atoms with Crippen molar-refractivity contribution >= 4 is 23.1 Å². The summed E-state index contributed by atoms with van der Waals surface area (Å²) in [5, 5.41) is 13.5. The number of fused-ring (bicyclic) bond motifs is 1. The number of nitrogens with zero attached hydrogens (tertiary/aromatic N) is 5. The molecule has 1 aliphatic rings. The van der Waals surface area contributed by atoms with Gasteiger partial charge in [0.1, 0.15) is 5.75 Å². The maximum Gasteiger partial charge on any atom is 0.257 e. The summed E-state index contributed by atoms with van der Waals surface area (Å²) in [6.07, 6.45) is 7.31. The lowest BCUT2D eigenvalue weighted by Crippen LogP contribution is -2.46. The molecular formula is C22H24N8O2. The molecule has 0 atom stereocenters. The number of nitrogens with one attached hydrogen (secondary N) is 3. The van der Waals surface area contributed by atoms with Crippen LogP contribution in [-0.2, 0) is 0 Å². The number of benzene rings is 1. The number of anilines is 2. The highest BCUT2D eigenvalue weighted by atomic mass is 16.5. The Labute approximate surface area is 184 Å². The topological polar surface area (TPSA) is 112 Å². The number of aromatic nitrogens is 5. The number of aryl methyl sites for hydroxylation is 1. The molecule has 0 saturated carbocycles. The van der Waals surface area contributed by atoms with Crippen LogP contribution in [0.3, 0.4) is 0 Å². The number of aromatic amines is 1. The van der Waals surface area contributed by atoms with Crippen molar-refractivity contribution in [3.8, 4) is 17.0 Å². The Kier molecular flexibility index (Phi) is 5.20. The van der Waals surface area contributed by atoms with Gasteiger partial charge in [-0.2, -0.15) is 5.10 Å². The minimum atomic E-state index is -0.0241. The van der Waals surface area contributed by atoms with E-state index in [-0.39, 0.29) is 5.91 Å². The van der Waals surface area contributed by atoms with E-state index in [0.29, 0.717) is 35.9 Å². The number of ether oxygens (including phenoxy) is 1. The molecule has 3 N–H and O–H groups in total. The maximum absolute atomic E-state index is 12.9. The molecule has 5 rings (SSSR count). The highest BCUT2D eigenvalue weighted by molar-refractivity contribution is 5.97. The Balaban J connectivity index is 1.47. The third kappa shape index (κ3) is 3.65. The lowest BCUT2D eigenvalue weighted by atomic mass is 10.1. The maximum atomic E-state index is 12.9. The Morgan fingerprint density at radius 3 is 2.81 bits per heavy atom. The van der Waals surface area contributed by atoms with Gasteiger partial charge in [0.05, 0.1) is 36.5 Å². The van der Waals surface area contributed by atoms with E-state index in [4.69, 9.17) is 4.74 Å². The first-order valence-electron chi connectivity index (χ1n) is 10.4. The molecule has 4 heterocycles. The molecule has 10 nitrogen and oxygen atoms in total. The van der Waals surface area contributed by atoms with Crippen LogP contribution < -0.4 is 15.4 Å². The van der Waals surface area contributed by atoms with E-state index in [9.17, 15) is 4.79 Å². The molecule has 3 aromatic heterocycles. The number of carbonyl (C=O) groups excluding carboxylic acids is 1. The average molecular weight is 432 g/mol. The van der Waals surface area contributed by atoms with Crippen LogP contribution in [0.2, 0.25) is 0 Å². The van der Waals surface area contributed by atoms with Crippen LogP contribution in [-0.4, -0.2) is 68.7 Å². The molecule has 10 heteroatoms. The van der Waals surface area contributed by atoms with Crippen molar-refractivity contribution in [3.63, 3.8) is 0 Å². The standard InChI is InChI=1S/C22H24N8O2/c1-14-13-30-18(15-10-25-26-11-15)12-24-21(30)20(27-14)28-16-3-4-17(19(9-16)32-2)22(31)29-7-5-23-6-8-29/h3-4,9-13,23H,5-8H2,1-2H3,(H,25,26)(H,27,28). The number of hydrogen-bond acceptors (Lipinski definition) is 7. The molecule has 1 aromatic carbocycles. The summed E-state index contributed by atoms with van der Waals surface area (Å²) in [7, 11) is 1.57. The summed E-state index contributed by atoms with van der Waals surface area (Å²) in [4.78, 5) is 24.0. The monoisotopic (exact) mass is 432 g/mol. The van der Waals surface area contributed by atoms with E-state index in [1.54, 1.807) is 25.6 Å². The minimum Gasteiger partial charge on any atom is -0.496 e. The lowest BCUT2D eigenvalue weighted by molar-refractivity contribution is 0.0732. The van der Waals surface area contributed by atoms with Crippen LogP contribution in [0.25, 0.3) is 16.9 Å². The smallest absolute Gasteiger partial charge is 0.257 e. The van der Waals surface area contributed by atoms with Gasteiger partial charge >= 0.3 is 0 Å². The molecule has 164 valence electrons. The summed E-state index contributed by atoms with van der Waals surface area (Å²) in [5.74, 6) is 1.11. The van der Waals surface area contributed by atoms with Crippen molar-refractivity contribution in [2.45, 2.75) is 6.92 Å². The van der Waals surface area contributed by atoms with Crippen LogP contribution in [0.5, 0.6) is 5.75 Å². The molecule has 4 aromatic rings. The van der Waals surface area contributed by atoms with E-state index in [1.807, 2.05) is 40.8 Å². The molecule has 32 heavy (non-hydrogen) atoms. The summed E-state index contributed by atoms with van der Waals surface area (Å²) in [6.45, 7) is 4.90. The molecule has 0 bridgehead atoms. The van der Waals surface area contributed by atoms with Crippen molar-refractivity contribution in [1.82, 2.24) is 34.8 Å². The van der Waals surface area contributed by atoms with Gasteiger partial charge in [0.2, 0.25) is 0 Å². The van der Waals surface area contributed by atoms with Crippen molar-refractivity contribution in [2.75, 3.05) is 38.6 Å². The van der Waals surface area contributed by atoms with Gasteiger partial charge < -0.3 is 20.3 Å². The first-order chi connectivity index (χ1) is 15.6. The van der Waals surface area contributed by atoms with E-state index < -0.39 is 0 Å². The number of piperazine rings is 1. The summed E-state index contributed by atoms with van der Waals surface area (Å²) < 4.78 is 7.53. The predicted octanol–water partition coefficient (Wildman–Crippen LogP) is 2.23. The number of methoxy groups -OCH3 is 1. The van der Waals surface area contributed by atoms with Gasteiger partial charge in [-0.05, 0) is 19.1 Å². The van der Waals surface area contributed by atoms with Crippen LogP contribution in [0.15, 0.2) is 43.0 Å². The molecule has 1 saturated heterocycles. The SMILES string of the molecule is COc1cc(Nc2nc(C)cn3c(-c4cn[nH]c4)cnc23)ccc1C(=O)N1CCNCC1. The van der Waals surface area contributed by atoms with Crippen molar-refractivity contribution in [3.05, 3.63) is 54.2 Å². The molecule has 0 unspecified atom stereocenters. The quantitative estimate of drug-likeness (QED) is 0.443. The minimum absolute atomic E-state index is 0.0241. The number of rotatable bonds is 5. The second-order valence-electron chi connectivity index (χ2n) is 7.64. The first kappa shape index (κ1) is 20.0. The molecule has 1 fully saturated rings. The third-order valence-corrected chi connectivity index (χ3v) is 5.51. The van der Waals surface area contributed by atoms with Gasteiger partial charge in [-0.1, -0.05) is 0 Å². The Morgan fingerprint density at radius 2 is 2.06 bits per heavy atom. The van der Waals surface area contributed by atoms with E-state index >= 15 is 0 Å². The van der Waals surface area contributed by atoms with Crippen LogP contribution in [0.4, 0.5) is 11.5 Å². The van der Waals surface area contributed by atoms with E-state index in [1.165, 1.54) is 0 Å². The van der Waals surface area contributed by atoms with E-state index in [0.717, 1.165) is 35.7 Å². The second-order valence-corrected chi connectivity index (χ2v) is 7.64. The Morgan fingerprint density at radius 1 is 1.22 bits per heavy atom. The highest BCUT2D eigenvalue weighted by Crippen LogP contribution is 2.29. The molecule has 1 aliphatic heterocycles. The number of imidazole rings is 1. The van der Waals surface area contributed by atoms with Crippen LogP contribution in [0.1, 0.15) is 16.1 Å². The zero-order valence-electron chi connectivity index (χ0n) is 17.9. The molecule has 0 aliphatic carbocycles. The highest BCUT2D eigenvalue weighted by Gasteiger charge is 2.22. The first-order valence-corrected chi connectivity index (χ1v) is 10.4. The van der Waals surface area contributed by atoms with Gasteiger partial charge in [-0.3, -0.25) is 14.3 Å². The molecule has 0 radical (unpaired) electrons. The fourth-order valence-electron chi connectivity index (χ4n) is 3.92. The summed E-state index contributed by atoms with van der Waals surface area (Å²) >= 11 is 0. The Bertz CT molecular complexity index is 1260. The average Bonchev–Trinajstić information content (AvgIpc) is 3.49. The van der Waals surface area contributed by atoms with Crippen LogP contribution >= 0.6 is 0 Å². The molecule has 0 spiro atoms. The van der Waals surface area contributed by atoms with E-state index in [2.05, 4.69) is 30.8 Å². The van der Waals surface area contributed by atoms with Gasteiger partial charge in [0, 0.05) is 55.9 Å². The van der Waals surface area contributed by atoms with Gasteiger partial charge in [-0.15, -0.1) is 0 Å². The second kappa shape index (κ2) is 8.31. The number of amides is 1. The molecular weight excluding hydrogens is 408 g/mol. The van der Waals surface area contributed by atoms with Crippen molar-refractivity contribution in [2.24, 2.45) is 0 Å². The van der Waals surface area contributed by atoms with Gasteiger partial charge in [-0.25, -0.2) is 9.97 Å². The Hall–Kier alpha value is -3.92. The predicted molar refractivity (Wildman–Crippen MR) is 120 cm³/mol. The van der Waals surface area contributed by atoms with Crippen molar-refractivity contribution < 1.29 is 9.53 Å².